The van der Waals surface area contributed by atoms with Crippen molar-refractivity contribution in [3.63, 3.8) is 0 Å². The quantitative estimate of drug-likeness (QED) is 0.785. The molecule has 3 nitrogen and oxygen atoms in total. The summed E-state index contributed by atoms with van der Waals surface area (Å²) in [5.74, 6) is 0.885. The second-order valence-electron chi connectivity index (χ2n) is 6.31. The molecule has 3 heterocycles. The van der Waals surface area contributed by atoms with Crippen molar-refractivity contribution in [2.24, 2.45) is 5.92 Å². The first-order valence-electron chi connectivity index (χ1n) is 7.58. The molecule has 1 saturated heterocycles. The number of aromatic nitrogens is 2. The summed E-state index contributed by atoms with van der Waals surface area (Å²) in [6.45, 7) is 0. The molecule has 2 aromatic heterocycles. The Morgan fingerprint density at radius 3 is 2.90 bits per heavy atom. The molecular formula is C16H20BrN3. The summed E-state index contributed by atoms with van der Waals surface area (Å²) >= 11 is 3.53. The van der Waals surface area contributed by atoms with Crippen LogP contribution in [0.5, 0.6) is 0 Å². The van der Waals surface area contributed by atoms with Crippen molar-refractivity contribution in [1.29, 1.82) is 0 Å². The summed E-state index contributed by atoms with van der Waals surface area (Å²) in [4.78, 5) is 7.43. The van der Waals surface area contributed by atoms with E-state index in [1.54, 1.807) is 0 Å². The Kier molecular flexibility index (Phi) is 3.11. The van der Waals surface area contributed by atoms with Gasteiger partial charge < -0.3 is 4.40 Å². The van der Waals surface area contributed by atoms with E-state index in [0.29, 0.717) is 6.04 Å². The van der Waals surface area contributed by atoms with E-state index >= 15 is 0 Å². The molecule has 3 unspecified atom stereocenters. The van der Waals surface area contributed by atoms with Crippen molar-refractivity contribution in [3.05, 3.63) is 34.7 Å². The molecule has 0 N–H and O–H groups in total. The number of fused-ring (bicyclic) bond motifs is 2. The highest BCUT2D eigenvalue weighted by molar-refractivity contribution is 9.10. The molecule has 0 bridgehead atoms. The van der Waals surface area contributed by atoms with Gasteiger partial charge in [-0.1, -0.05) is 12.8 Å². The summed E-state index contributed by atoms with van der Waals surface area (Å²) in [5.41, 5.74) is 2.28. The third-order valence-electron chi connectivity index (χ3n) is 5.18. The van der Waals surface area contributed by atoms with Crippen molar-refractivity contribution in [2.75, 3.05) is 7.05 Å². The zero-order valence-corrected chi connectivity index (χ0v) is 13.4. The van der Waals surface area contributed by atoms with Gasteiger partial charge >= 0.3 is 0 Å². The van der Waals surface area contributed by atoms with Crippen LogP contribution < -0.4 is 0 Å². The fourth-order valence-electron chi connectivity index (χ4n) is 4.16. The molecule has 4 rings (SSSR count). The SMILES string of the molecule is CN1C(c2cn3cc(Br)ccc3n2)CC2CCCCC21. The Bertz CT molecular complexity index is 636. The van der Waals surface area contributed by atoms with Gasteiger partial charge in [0.2, 0.25) is 0 Å². The lowest BCUT2D eigenvalue weighted by Gasteiger charge is -2.30. The molecule has 106 valence electrons. The highest BCUT2D eigenvalue weighted by Crippen LogP contribution is 2.44. The van der Waals surface area contributed by atoms with Crippen LogP contribution in [0.2, 0.25) is 0 Å². The largest absolute Gasteiger partial charge is 0.306 e. The van der Waals surface area contributed by atoms with Crippen LogP contribution >= 0.6 is 15.9 Å². The molecule has 0 amide bonds. The minimum atomic E-state index is 0.502. The minimum absolute atomic E-state index is 0.502. The van der Waals surface area contributed by atoms with Gasteiger partial charge in [0, 0.05) is 22.9 Å². The molecule has 1 saturated carbocycles. The van der Waals surface area contributed by atoms with Crippen molar-refractivity contribution < 1.29 is 0 Å². The normalized spacial score (nSPS) is 30.8. The Morgan fingerprint density at radius 2 is 2.05 bits per heavy atom. The molecule has 4 heteroatoms. The molecule has 0 spiro atoms. The van der Waals surface area contributed by atoms with Crippen LogP contribution in [0.1, 0.15) is 43.8 Å². The third-order valence-corrected chi connectivity index (χ3v) is 5.65. The van der Waals surface area contributed by atoms with Crippen molar-refractivity contribution in [1.82, 2.24) is 14.3 Å². The number of rotatable bonds is 1. The maximum Gasteiger partial charge on any atom is 0.137 e. The maximum absolute atomic E-state index is 4.84. The summed E-state index contributed by atoms with van der Waals surface area (Å²) in [5, 5.41) is 0. The molecule has 1 aliphatic carbocycles. The van der Waals surface area contributed by atoms with Gasteiger partial charge in [-0.05, 0) is 60.3 Å². The average molecular weight is 334 g/mol. The van der Waals surface area contributed by atoms with Gasteiger partial charge in [0.15, 0.2) is 0 Å². The second kappa shape index (κ2) is 4.85. The summed E-state index contributed by atoms with van der Waals surface area (Å²) < 4.78 is 3.23. The lowest BCUT2D eigenvalue weighted by atomic mass is 9.84. The molecule has 2 fully saturated rings. The topological polar surface area (TPSA) is 20.5 Å². The fraction of sp³-hybridized carbons (Fsp3) is 0.562. The fourth-order valence-corrected chi connectivity index (χ4v) is 4.51. The van der Waals surface area contributed by atoms with Gasteiger partial charge in [-0.2, -0.15) is 0 Å². The lowest BCUT2D eigenvalue weighted by molar-refractivity contribution is 0.186. The van der Waals surface area contributed by atoms with E-state index in [0.717, 1.165) is 22.1 Å². The van der Waals surface area contributed by atoms with Gasteiger partial charge in [0.1, 0.15) is 5.65 Å². The average Bonchev–Trinajstić information content (AvgIpc) is 3.00. The third kappa shape index (κ3) is 2.01. The highest BCUT2D eigenvalue weighted by Gasteiger charge is 2.41. The second-order valence-corrected chi connectivity index (χ2v) is 7.22. The highest BCUT2D eigenvalue weighted by atomic mass is 79.9. The molecule has 2 aliphatic rings. The molecule has 2 aromatic rings. The van der Waals surface area contributed by atoms with Crippen molar-refractivity contribution in [3.8, 4) is 0 Å². The molecular weight excluding hydrogens is 314 g/mol. The minimum Gasteiger partial charge on any atom is -0.306 e. The van der Waals surface area contributed by atoms with E-state index < -0.39 is 0 Å². The van der Waals surface area contributed by atoms with Gasteiger partial charge in [0.25, 0.3) is 0 Å². The number of nitrogens with zero attached hydrogens (tertiary/aromatic N) is 3. The first kappa shape index (κ1) is 12.8. The summed E-state index contributed by atoms with van der Waals surface area (Å²) in [6.07, 6.45) is 11.2. The predicted octanol–water partition coefficient (Wildman–Crippen LogP) is 4.03. The van der Waals surface area contributed by atoms with E-state index in [-0.39, 0.29) is 0 Å². The van der Waals surface area contributed by atoms with Gasteiger partial charge in [-0.15, -0.1) is 0 Å². The number of hydrogen-bond donors (Lipinski definition) is 0. The van der Waals surface area contributed by atoms with E-state index in [1.165, 1.54) is 37.8 Å². The van der Waals surface area contributed by atoms with E-state index in [1.807, 2.05) is 0 Å². The monoisotopic (exact) mass is 333 g/mol. The Labute approximate surface area is 128 Å². The summed E-state index contributed by atoms with van der Waals surface area (Å²) in [7, 11) is 2.29. The van der Waals surface area contributed by atoms with Crippen LogP contribution in [-0.4, -0.2) is 27.4 Å². The van der Waals surface area contributed by atoms with Gasteiger partial charge in [-0.25, -0.2) is 4.98 Å². The van der Waals surface area contributed by atoms with Crippen LogP contribution in [-0.2, 0) is 0 Å². The van der Waals surface area contributed by atoms with Crippen molar-refractivity contribution >= 4 is 21.6 Å². The first-order valence-corrected chi connectivity index (χ1v) is 8.38. The first-order chi connectivity index (χ1) is 9.72. The van der Waals surface area contributed by atoms with Crippen molar-refractivity contribution in [2.45, 2.75) is 44.2 Å². The smallest absolute Gasteiger partial charge is 0.137 e. The van der Waals surface area contributed by atoms with Gasteiger partial charge in [0.05, 0.1) is 11.7 Å². The standard InChI is InChI=1S/C16H20BrN3/c1-19-14-5-3-2-4-11(14)8-15(19)13-10-20-9-12(17)6-7-16(20)18-13/h6-7,9-11,14-15H,2-5,8H2,1H3. The van der Waals surface area contributed by atoms with Crippen LogP contribution in [0.3, 0.4) is 0 Å². The lowest BCUT2D eigenvalue weighted by Crippen LogP contribution is -2.32. The molecule has 0 radical (unpaired) electrons. The zero-order valence-electron chi connectivity index (χ0n) is 11.8. The van der Waals surface area contributed by atoms with Gasteiger partial charge in [-0.3, -0.25) is 4.90 Å². The predicted molar refractivity (Wildman–Crippen MR) is 83.8 cm³/mol. The molecule has 1 aliphatic heterocycles. The molecule has 3 atom stereocenters. The number of pyridine rings is 1. The van der Waals surface area contributed by atoms with Crippen LogP contribution in [0.15, 0.2) is 29.0 Å². The van der Waals surface area contributed by atoms with E-state index in [9.17, 15) is 0 Å². The summed E-state index contributed by atoms with van der Waals surface area (Å²) in [6, 6.07) is 5.42. The van der Waals surface area contributed by atoms with Crippen LogP contribution in [0.4, 0.5) is 0 Å². The Balaban J connectivity index is 1.68. The Morgan fingerprint density at radius 1 is 1.20 bits per heavy atom. The van der Waals surface area contributed by atoms with E-state index in [4.69, 9.17) is 4.98 Å². The number of imidazole rings is 1. The molecule has 0 aromatic carbocycles. The van der Waals surface area contributed by atoms with E-state index in [2.05, 4.69) is 56.8 Å². The maximum atomic E-state index is 4.84. The number of halogens is 1. The zero-order chi connectivity index (χ0) is 13.7. The number of likely N-dealkylation sites (tertiary alicyclic amines) is 1. The van der Waals surface area contributed by atoms with Crippen LogP contribution in [0.25, 0.3) is 5.65 Å². The number of hydrogen-bond acceptors (Lipinski definition) is 2. The Hall–Kier alpha value is -0.870. The molecule has 20 heavy (non-hydrogen) atoms. The van der Waals surface area contributed by atoms with Crippen LogP contribution in [0, 0.1) is 5.92 Å².